The minimum Gasteiger partial charge on any atom is -0.477 e. The lowest BCUT2D eigenvalue weighted by Gasteiger charge is -2.23. The molecular formula is C13H22N4O2. The fourth-order valence-electron chi connectivity index (χ4n) is 1.92. The largest absolute Gasteiger partial charge is 0.477 e. The highest BCUT2D eigenvalue weighted by molar-refractivity contribution is 5.85. The van der Waals surface area contributed by atoms with Crippen molar-refractivity contribution < 1.29 is 9.90 Å². The molecule has 1 rings (SSSR count). The van der Waals surface area contributed by atoms with Crippen LogP contribution in [0.1, 0.15) is 30.8 Å². The van der Waals surface area contributed by atoms with E-state index in [1.54, 1.807) is 0 Å². The molecule has 0 amide bonds. The Balaban J connectivity index is 2.77. The third-order valence-corrected chi connectivity index (χ3v) is 2.55. The normalized spacial score (nSPS) is 12.7. The van der Waals surface area contributed by atoms with Gasteiger partial charge in [-0.15, -0.1) is 0 Å². The first kappa shape index (κ1) is 15.4. The van der Waals surface area contributed by atoms with Crippen molar-refractivity contribution in [3.05, 3.63) is 18.0 Å². The highest BCUT2D eigenvalue weighted by Crippen LogP contribution is 2.10. The first-order chi connectivity index (χ1) is 8.88. The molecule has 106 valence electrons. The van der Waals surface area contributed by atoms with Gasteiger partial charge in [-0.2, -0.15) is 0 Å². The molecule has 1 atom stereocenters. The van der Waals surface area contributed by atoms with E-state index in [4.69, 9.17) is 5.11 Å². The zero-order valence-electron chi connectivity index (χ0n) is 11.9. The van der Waals surface area contributed by atoms with Gasteiger partial charge >= 0.3 is 5.97 Å². The maximum atomic E-state index is 10.9. The Morgan fingerprint density at radius 3 is 2.68 bits per heavy atom. The molecule has 1 unspecified atom stereocenters. The molecule has 0 aromatic carbocycles. The Hall–Kier alpha value is -1.69. The summed E-state index contributed by atoms with van der Waals surface area (Å²) in [6, 6.07) is 1.58. The number of hydrogen-bond donors (Lipinski definition) is 2. The van der Waals surface area contributed by atoms with Crippen LogP contribution in [0, 0.1) is 5.92 Å². The van der Waals surface area contributed by atoms with Crippen molar-refractivity contribution >= 4 is 11.9 Å². The van der Waals surface area contributed by atoms with Crippen LogP contribution in [0.5, 0.6) is 0 Å². The van der Waals surface area contributed by atoms with Gasteiger partial charge in [0.15, 0.2) is 5.69 Å². The second kappa shape index (κ2) is 7.04. The van der Waals surface area contributed by atoms with E-state index in [9.17, 15) is 4.79 Å². The van der Waals surface area contributed by atoms with E-state index in [2.05, 4.69) is 34.0 Å². The lowest BCUT2D eigenvalue weighted by atomic mass is 10.0. The van der Waals surface area contributed by atoms with Crippen molar-refractivity contribution in [1.82, 2.24) is 14.9 Å². The zero-order chi connectivity index (χ0) is 14.4. The Morgan fingerprint density at radius 2 is 2.16 bits per heavy atom. The third kappa shape index (κ3) is 5.65. The number of aromatic nitrogens is 2. The maximum Gasteiger partial charge on any atom is 0.354 e. The van der Waals surface area contributed by atoms with Crippen LogP contribution < -0.4 is 5.32 Å². The molecule has 2 N–H and O–H groups in total. The molecule has 1 heterocycles. The summed E-state index contributed by atoms with van der Waals surface area (Å²) in [7, 11) is 4.01. The molecule has 0 radical (unpaired) electrons. The van der Waals surface area contributed by atoms with Crippen LogP contribution in [0.4, 0.5) is 5.95 Å². The van der Waals surface area contributed by atoms with Gasteiger partial charge < -0.3 is 15.3 Å². The van der Waals surface area contributed by atoms with Gasteiger partial charge in [0.1, 0.15) is 0 Å². The topological polar surface area (TPSA) is 78.4 Å². The summed E-state index contributed by atoms with van der Waals surface area (Å²) in [5.74, 6) is -0.133. The van der Waals surface area contributed by atoms with E-state index < -0.39 is 5.97 Å². The summed E-state index contributed by atoms with van der Waals surface area (Å²) < 4.78 is 0. The van der Waals surface area contributed by atoms with Gasteiger partial charge in [0.05, 0.1) is 0 Å². The smallest absolute Gasteiger partial charge is 0.354 e. The molecule has 0 aliphatic rings. The maximum absolute atomic E-state index is 10.9. The van der Waals surface area contributed by atoms with E-state index in [1.165, 1.54) is 12.3 Å². The Morgan fingerprint density at radius 1 is 1.47 bits per heavy atom. The SMILES string of the molecule is CC(C)CC(CN(C)C)Nc1nccc(C(=O)O)n1. The van der Waals surface area contributed by atoms with Gasteiger partial charge in [-0.3, -0.25) is 0 Å². The molecule has 0 aliphatic heterocycles. The summed E-state index contributed by atoms with van der Waals surface area (Å²) in [6.45, 7) is 5.15. The van der Waals surface area contributed by atoms with Crippen molar-refractivity contribution in [1.29, 1.82) is 0 Å². The monoisotopic (exact) mass is 266 g/mol. The lowest BCUT2D eigenvalue weighted by Crippen LogP contribution is -2.34. The standard InChI is InChI=1S/C13H22N4O2/c1-9(2)7-10(8-17(3)4)15-13-14-6-5-11(16-13)12(18)19/h5-6,9-10H,7-8H2,1-4H3,(H,18,19)(H,14,15,16). The van der Waals surface area contributed by atoms with E-state index in [0.717, 1.165) is 13.0 Å². The number of carboxylic acids is 1. The fraction of sp³-hybridized carbons (Fsp3) is 0.615. The Labute approximate surface area is 113 Å². The van der Waals surface area contributed by atoms with E-state index in [-0.39, 0.29) is 11.7 Å². The van der Waals surface area contributed by atoms with Gasteiger partial charge in [-0.1, -0.05) is 13.8 Å². The van der Waals surface area contributed by atoms with Crippen LogP contribution in [0.25, 0.3) is 0 Å². The molecule has 0 saturated carbocycles. The summed E-state index contributed by atoms with van der Waals surface area (Å²) in [5, 5.41) is 12.1. The number of hydrogen-bond acceptors (Lipinski definition) is 5. The van der Waals surface area contributed by atoms with Crippen molar-refractivity contribution in [3.8, 4) is 0 Å². The first-order valence-corrected chi connectivity index (χ1v) is 6.36. The molecule has 6 heteroatoms. The molecule has 0 spiro atoms. The molecular weight excluding hydrogens is 244 g/mol. The second-order valence-corrected chi connectivity index (χ2v) is 5.30. The molecule has 1 aromatic heterocycles. The summed E-state index contributed by atoms with van der Waals surface area (Å²) in [6.07, 6.45) is 2.43. The predicted octanol–water partition coefficient (Wildman–Crippen LogP) is 1.56. The van der Waals surface area contributed by atoms with Crippen molar-refractivity contribution in [2.24, 2.45) is 5.92 Å². The van der Waals surface area contributed by atoms with Gasteiger partial charge in [-0.05, 0) is 32.5 Å². The number of nitrogens with zero attached hydrogens (tertiary/aromatic N) is 3. The molecule has 0 bridgehead atoms. The number of carbonyl (C=O) groups is 1. The third-order valence-electron chi connectivity index (χ3n) is 2.55. The molecule has 1 aromatic rings. The average molecular weight is 266 g/mol. The van der Waals surface area contributed by atoms with Gasteiger partial charge in [0.25, 0.3) is 0 Å². The minimum absolute atomic E-state index is 0.00523. The van der Waals surface area contributed by atoms with Crippen molar-refractivity contribution in [2.45, 2.75) is 26.3 Å². The summed E-state index contributed by atoms with van der Waals surface area (Å²) in [5.41, 5.74) is 0.00523. The summed E-state index contributed by atoms with van der Waals surface area (Å²) in [4.78, 5) is 21.0. The molecule has 6 nitrogen and oxygen atoms in total. The van der Waals surface area contributed by atoms with Crippen LogP contribution in [0.15, 0.2) is 12.3 Å². The fourth-order valence-corrected chi connectivity index (χ4v) is 1.92. The number of rotatable bonds is 7. The number of aromatic carboxylic acids is 1. The van der Waals surface area contributed by atoms with Gasteiger partial charge in [-0.25, -0.2) is 14.8 Å². The summed E-state index contributed by atoms with van der Waals surface area (Å²) >= 11 is 0. The number of carboxylic acid groups (broad SMARTS) is 1. The van der Waals surface area contributed by atoms with E-state index in [0.29, 0.717) is 11.9 Å². The number of likely N-dealkylation sites (N-methyl/N-ethyl adjacent to an activating group) is 1. The quantitative estimate of drug-likeness (QED) is 0.780. The minimum atomic E-state index is -1.04. The number of nitrogens with one attached hydrogen (secondary N) is 1. The van der Waals surface area contributed by atoms with Gasteiger partial charge in [0, 0.05) is 18.8 Å². The van der Waals surface area contributed by atoms with E-state index in [1.807, 2.05) is 14.1 Å². The zero-order valence-corrected chi connectivity index (χ0v) is 11.9. The molecule has 0 fully saturated rings. The van der Waals surface area contributed by atoms with Crippen LogP contribution in [-0.4, -0.2) is 52.6 Å². The van der Waals surface area contributed by atoms with E-state index >= 15 is 0 Å². The van der Waals surface area contributed by atoms with Crippen molar-refractivity contribution in [3.63, 3.8) is 0 Å². The average Bonchev–Trinajstić information content (AvgIpc) is 2.27. The highest BCUT2D eigenvalue weighted by atomic mass is 16.4. The highest BCUT2D eigenvalue weighted by Gasteiger charge is 2.14. The van der Waals surface area contributed by atoms with Gasteiger partial charge in [0.2, 0.25) is 5.95 Å². The number of anilines is 1. The molecule has 0 saturated heterocycles. The predicted molar refractivity (Wildman–Crippen MR) is 74.4 cm³/mol. The van der Waals surface area contributed by atoms with Crippen molar-refractivity contribution in [2.75, 3.05) is 26.0 Å². The Bertz CT molecular complexity index is 411. The lowest BCUT2D eigenvalue weighted by molar-refractivity contribution is 0.0690. The van der Waals surface area contributed by atoms with Crippen LogP contribution in [-0.2, 0) is 0 Å². The Kier molecular flexibility index (Phi) is 5.69. The van der Waals surface area contributed by atoms with Crippen LogP contribution >= 0.6 is 0 Å². The van der Waals surface area contributed by atoms with Crippen LogP contribution in [0.3, 0.4) is 0 Å². The molecule has 19 heavy (non-hydrogen) atoms. The molecule has 0 aliphatic carbocycles. The van der Waals surface area contributed by atoms with Crippen LogP contribution in [0.2, 0.25) is 0 Å². The first-order valence-electron chi connectivity index (χ1n) is 6.36. The second-order valence-electron chi connectivity index (χ2n) is 5.30.